The molecular weight excluding hydrogens is 512 g/mol. The van der Waals surface area contributed by atoms with Gasteiger partial charge in [0.15, 0.2) is 11.6 Å². The lowest BCUT2D eigenvalue weighted by atomic mass is 10.1. The van der Waals surface area contributed by atoms with E-state index >= 15 is 0 Å². The quantitative estimate of drug-likeness (QED) is 0.216. The minimum atomic E-state index is -0.0525. The summed E-state index contributed by atoms with van der Waals surface area (Å²) in [7, 11) is 0. The van der Waals surface area contributed by atoms with Gasteiger partial charge in [0.2, 0.25) is 5.91 Å². The Morgan fingerprint density at radius 1 is 1.03 bits per heavy atom. The van der Waals surface area contributed by atoms with Crippen molar-refractivity contribution in [3.63, 3.8) is 0 Å². The lowest BCUT2D eigenvalue weighted by Gasteiger charge is -2.08. The first-order chi connectivity index (χ1) is 18.9. The highest BCUT2D eigenvalue weighted by molar-refractivity contribution is 7.17. The van der Waals surface area contributed by atoms with Gasteiger partial charge >= 0.3 is 0 Å². The first-order valence-electron chi connectivity index (χ1n) is 12.4. The number of amides is 1. The van der Waals surface area contributed by atoms with Crippen molar-refractivity contribution in [3.05, 3.63) is 60.1 Å². The van der Waals surface area contributed by atoms with E-state index in [-0.39, 0.29) is 17.6 Å². The number of Topliss-reactive ketones (excluding diaryl/α,β-unsaturated/α-hetero) is 1. The van der Waals surface area contributed by atoms with Crippen LogP contribution in [0.5, 0.6) is 0 Å². The second kappa shape index (κ2) is 9.84. The van der Waals surface area contributed by atoms with Gasteiger partial charge in [-0.2, -0.15) is 5.10 Å². The van der Waals surface area contributed by atoms with Crippen LogP contribution >= 0.6 is 11.3 Å². The van der Waals surface area contributed by atoms with Gasteiger partial charge in [0.1, 0.15) is 11.2 Å². The van der Waals surface area contributed by atoms with Crippen molar-refractivity contribution in [1.29, 1.82) is 0 Å². The summed E-state index contributed by atoms with van der Waals surface area (Å²) in [5, 5.41) is 11.3. The van der Waals surface area contributed by atoms with E-state index in [9.17, 15) is 9.59 Å². The van der Waals surface area contributed by atoms with Gasteiger partial charge in [0.05, 0.1) is 45.9 Å². The molecule has 6 heterocycles. The number of nitrogens with zero attached hydrogens (tertiary/aromatic N) is 5. The Labute approximate surface area is 227 Å². The van der Waals surface area contributed by atoms with Crippen LogP contribution in [-0.2, 0) is 4.79 Å². The second-order valence-corrected chi connectivity index (χ2v) is 10.8. The Morgan fingerprint density at radius 2 is 1.87 bits per heavy atom. The maximum absolute atomic E-state index is 12.2. The highest BCUT2D eigenvalue weighted by Gasteiger charge is 2.18. The molecule has 0 aliphatic heterocycles. The largest absolute Gasteiger partial charge is 0.335 e. The van der Waals surface area contributed by atoms with E-state index in [1.807, 2.05) is 38.1 Å². The summed E-state index contributed by atoms with van der Waals surface area (Å²) in [6, 6.07) is 7.52. The Bertz CT molecular complexity index is 1870. The third-order valence-electron chi connectivity index (χ3n) is 6.20. The number of pyridine rings is 3. The fraction of sp³-hybridized carbons (Fsp3) is 0.179. The summed E-state index contributed by atoms with van der Waals surface area (Å²) >= 11 is 1.42. The minimum absolute atomic E-state index is 0.0279. The molecule has 3 N–H and O–H groups in total. The topological polar surface area (TPSA) is 142 Å². The molecule has 0 saturated carbocycles. The second-order valence-electron chi connectivity index (χ2n) is 9.68. The highest BCUT2D eigenvalue weighted by atomic mass is 32.1. The van der Waals surface area contributed by atoms with E-state index in [4.69, 9.17) is 4.98 Å². The monoisotopic (exact) mass is 536 g/mol. The van der Waals surface area contributed by atoms with Crippen molar-refractivity contribution < 1.29 is 9.59 Å². The molecule has 0 aromatic carbocycles. The number of aromatic nitrogens is 7. The molecule has 6 aromatic rings. The summed E-state index contributed by atoms with van der Waals surface area (Å²) in [4.78, 5) is 47.1. The standard InChI is InChI=1S/C28H24N8O2S/c1-14(2)6-25(38)32-17-7-16(9-29-10-17)20-8-18-21(13-31-20)35-36-27(18)28-33-22-12-30-11-19(26(22)34-28)24-5-4-23(39-24)15(3)37/h4-5,7-14H,6H2,1-3H3,(H,32,38)(H,33,34)(H,35,36). The number of fused-ring (bicyclic) bond motifs is 2. The summed E-state index contributed by atoms with van der Waals surface area (Å²) < 4.78 is 0. The number of hydrogen-bond acceptors (Lipinski definition) is 8. The molecule has 6 aromatic heterocycles. The van der Waals surface area contributed by atoms with Gasteiger partial charge < -0.3 is 10.3 Å². The van der Waals surface area contributed by atoms with Gasteiger partial charge in [0, 0.05) is 40.2 Å². The van der Waals surface area contributed by atoms with Crippen LogP contribution in [0.1, 0.15) is 36.9 Å². The van der Waals surface area contributed by atoms with Gasteiger partial charge in [-0.15, -0.1) is 11.3 Å². The third-order valence-corrected chi connectivity index (χ3v) is 7.41. The van der Waals surface area contributed by atoms with Crippen molar-refractivity contribution >= 4 is 50.7 Å². The van der Waals surface area contributed by atoms with Crippen molar-refractivity contribution in [2.24, 2.45) is 5.92 Å². The van der Waals surface area contributed by atoms with Crippen molar-refractivity contribution in [1.82, 2.24) is 35.1 Å². The number of rotatable bonds is 7. The van der Waals surface area contributed by atoms with Gasteiger partial charge in [-0.25, -0.2) is 4.98 Å². The van der Waals surface area contributed by atoms with Crippen LogP contribution in [0.3, 0.4) is 0 Å². The van der Waals surface area contributed by atoms with E-state index in [0.717, 1.165) is 37.9 Å². The Hall–Kier alpha value is -4.77. The average molecular weight is 537 g/mol. The molecule has 10 nitrogen and oxygen atoms in total. The lowest BCUT2D eigenvalue weighted by Crippen LogP contribution is -2.13. The zero-order chi connectivity index (χ0) is 27.1. The van der Waals surface area contributed by atoms with Crippen LogP contribution in [0.2, 0.25) is 0 Å². The van der Waals surface area contributed by atoms with Crippen LogP contribution in [0.15, 0.2) is 55.2 Å². The van der Waals surface area contributed by atoms with Crippen molar-refractivity contribution in [2.75, 3.05) is 5.32 Å². The van der Waals surface area contributed by atoms with Crippen LogP contribution < -0.4 is 5.32 Å². The number of nitrogens with one attached hydrogen (secondary N) is 3. The van der Waals surface area contributed by atoms with Gasteiger partial charge in [0.25, 0.3) is 0 Å². The normalized spacial score (nSPS) is 11.5. The van der Waals surface area contributed by atoms with E-state index in [0.29, 0.717) is 34.2 Å². The smallest absolute Gasteiger partial charge is 0.224 e. The molecule has 0 bridgehead atoms. The molecule has 0 radical (unpaired) electrons. The third kappa shape index (κ3) is 4.79. The molecule has 0 fully saturated rings. The predicted octanol–water partition coefficient (Wildman–Crippen LogP) is 5.87. The SMILES string of the molecule is CC(=O)c1ccc(-c2cncc3[nH]c(-c4n[nH]c5cnc(-c6cncc(NC(=O)CC(C)C)c6)cc45)nc23)s1. The van der Waals surface area contributed by atoms with E-state index in [1.165, 1.54) is 11.3 Å². The van der Waals surface area contributed by atoms with Gasteiger partial charge in [-0.1, -0.05) is 13.8 Å². The Morgan fingerprint density at radius 3 is 2.67 bits per heavy atom. The molecule has 39 heavy (non-hydrogen) atoms. The number of carbonyl (C=O) groups is 2. The summed E-state index contributed by atoms with van der Waals surface area (Å²) in [5.41, 5.74) is 5.82. The minimum Gasteiger partial charge on any atom is -0.335 e. The first kappa shape index (κ1) is 24.6. The van der Waals surface area contributed by atoms with E-state index < -0.39 is 0 Å². The number of imidazole rings is 1. The number of anilines is 1. The fourth-order valence-corrected chi connectivity index (χ4v) is 5.30. The average Bonchev–Trinajstić information content (AvgIpc) is 3.65. The summed E-state index contributed by atoms with van der Waals surface area (Å²) in [6.45, 7) is 5.56. The molecule has 0 aliphatic rings. The first-order valence-corrected chi connectivity index (χ1v) is 13.2. The maximum atomic E-state index is 12.2. The molecule has 194 valence electrons. The summed E-state index contributed by atoms with van der Waals surface area (Å²) in [5.74, 6) is 0.820. The predicted molar refractivity (Wildman–Crippen MR) is 151 cm³/mol. The molecular formula is C28H24N8O2S. The fourth-order valence-electron chi connectivity index (χ4n) is 4.38. The Kier molecular flexibility index (Phi) is 6.20. The number of aromatic amines is 2. The van der Waals surface area contributed by atoms with Gasteiger partial charge in [-0.3, -0.25) is 29.6 Å². The zero-order valence-corrected chi connectivity index (χ0v) is 22.3. The number of carbonyl (C=O) groups excluding carboxylic acids is 2. The highest BCUT2D eigenvalue weighted by Crippen LogP contribution is 2.35. The maximum Gasteiger partial charge on any atom is 0.224 e. The molecule has 0 aliphatic carbocycles. The van der Waals surface area contributed by atoms with E-state index in [1.54, 1.807) is 37.9 Å². The van der Waals surface area contributed by atoms with Crippen LogP contribution in [0.25, 0.3) is 55.2 Å². The molecule has 1 amide bonds. The van der Waals surface area contributed by atoms with Crippen LogP contribution in [0.4, 0.5) is 5.69 Å². The summed E-state index contributed by atoms with van der Waals surface area (Å²) in [6.07, 6.45) is 8.97. The number of H-pyrrole nitrogens is 2. The molecule has 0 unspecified atom stereocenters. The molecule has 0 atom stereocenters. The van der Waals surface area contributed by atoms with Crippen molar-refractivity contribution in [3.8, 4) is 33.2 Å². The number of thiophene rings is 1. The molecule has 0 saturated heterocycles. The van der Waals surface area contributed by atoms with Crippen LogP contribution in [-0.4, -0.2) is 46.8 Å². The van der Waals surface area contributed by atoms with E-state index in [2.05, 4.69) is 35.5 Å². The number of hydrogen-bond donors (Lipinski definition) is 3. The molecule has 0 spiro atoms. The molecule has 11 heteroatoms. The van der Waals surface area contributed by atoms with Crippen LogP contribution in [0, 0.1) is 5.92 Å². The Balaban J connectivity index is 1.37. The molecule has 6 rings (SSSR count). The lowest BCUT2D eigenvalue weighted by molar-refractivity contribution is -0.116. The van der Waals surface area contributed by atoms with Crippen molar-refractivity contribution in [2.45, 2.75) is 27.2 Å². The number of ketones is 1. The van der Waals surface area contributed by atoms with Gasteiger partial charge in [-0.05, 0) is 37.1 Å². The zero-order valence-electron chi connectivity index (χ0n) is 21.4.